The van der Waals surface area contributed by atoms with Crippen molar-refractivity contribution in [2.24, 2.45) is 4.99 Å². The molecule has 0 bridgehead atoms. The molecular weight excluding hydrogens is 316 g/mol. The van der Waals surface area contributed by atoms with Crippen LogP contribution in [0.3, 0.4) is 0 Å². The molecular formula is C19H24N4O2. The van der Waals surface area contributed by atoms with Gasteiger partial charge in [-0.2, -0.15) is 0 Å². The predicted octanol–water partition coefficient (Wildman–Crippen LogP) is 3.45. The van der Waals surface area contributed by atoms with Gasteiger partial charge in [0.2, 0.25) is 0 Å². The number of rotatable bonds is 7. The monoisotopic (exact) mass is 340 g/mol. The Kier molecular flexibility index (Phi) is 6.95. The highest BCUT2D eigenvalue weighted by atomic mass is 16.6. The molecule has 2 aromatic rings. The zero-order chi connectivity index (χ0) is 18.1. The quantitative estimate of drug-likeness (QED) is 0.350. The second kappa shape index (κ2) is 9.42. The second-order valence-corrected chi connectivity index (χ2v) is 5.81. The van der Waals surface area contributed by atoms with E-state index in [-0.39, 0.29) is 5.69 Å². The van der Waals surface area contributed by atoms with Crippen molar-refractivity contribution in [1.82, 2.24) is 10.6 Å². The minimum Gasteiger partial charge on any atom is -0.357 e. The molecule has 1 atom stereocenters. The third kappa shape index (κ3) is 5.91. The maximum atomic E-state index is 10.7. The van der Waals surface area contributed by atoms with Crippen molar-refractivity contribution in [2.45, 2.75) is 26.3 Å². The summed E-state index contributed by atoms with van der Waals surface area (Å²) in [6.45, 7) is 6.20. The van der Waals surface area contributed by atoms with E-state index in [0.29, 0.717) is 12.5 Å². The molecule has 6 heteroatoms. The Morgan fingerprint density at radius 2 is 1.80 bits per heavy atom. The SMILES string of the molecule is CCNC(=NCc1ccc([N+](=O)[O-])cc1)NCC(C)c1ccccc1. The Labute approximate surface area is 148 Å². The summed E-state index contributed by atoms with van der Waals surface area (Å²) in [5.41, 5.74) is 2.30. The number of non-ortho nitro benzene ring substituents is 1. The van der Waals surface area contributed by atoms with Crippen LogP contribution in [0.1, 0.15) is 30.9 Å². The van der Waals surface area contributed by atoms with Gasteiger partial charge in [0, 0.05) is 25.2 Å². The van der Waals surface area contributed by atoms with E-state index in [2.05, 4.69) is 34.7 Å². The van der Waals surface area contributed by atoms with E-state index in [1.54, 1.807) is 12.1 Å². The Hall–Kier alpha value is -2.89. The van der Waals surface area contributed by atoms with Crippen molar-refractivity contribution in [3.05, 3.63) is 75.8 Å². The van der Waals surface area contributed by atoms with Crippen molar-refractivity contribution in [2.75, 3.05) is 13.1 Å². The highest BCUT2D eigenvalue weighted by Crippen LogP contribution is 2.14. The van der Waals surface area contributed by atoms with E-state index in [1.165, 1.54) is 17.7 Å². The number of hydrogen-bond donors (Lipinski definition) is 2. The lowest BCUT2D eigenvalue weighted by molar-refractivity contribution is -0.384. The lowest BCUT2D eigenvalue weighted by Crippen LogP contribution is -2.39. The molecule has 25 heavy (non-hydrogen) atoms. The average molecular weight is 340 g/mol. The molecule has 2 rings (SSSR count). The molecule has 132 valence electrons. The van der Waals surface area contributed by atoms with Crippen LogP contribution in [0.2, 0.25) is 0 Å². The molecule has 0 aliphatic carbocycles. The van der Waals surface area contributed by atoms with Crippen LogP contribution < -0.4 is 10.6 Å². The number of benzene rings is 2. The number of nitrogens with zero attached hydrogens (tertiary/aromatic N) is 2. The third-order valence-electron chi connectivity index (χ3n) is 3.86. The summed E-state index contributed by atoms with van der Waals surface area (Å²) in [5, 5.41) is 17.3. The Balaban J connectivity index is 1.94. The normalized spacial score (nSPS) is 12.5. The first-order chi connectivity index (χ1) is 12.1. The average Bonchev–Trinajstić information content (AvgIpc) is 2.64. The first kappa shape index (κ1) is 18.4. The molecule has 0 aromatic heterocycles. The molecule has 0 spiro atoms. The fourth-order valence-electron chi connectivity index (χ4n) is 2.38. The first-order valence-corrected chi connectivity index (χ1v) is 8.40. The molecule has 6 nitrogen and oxygen atoms in total. The summed E-state index contributed by atoms with van der Waals surface area (Å²) in [4.78, 5) is 14.8. The molecule has 0 fully saturated rings. The number of guanidine groups is 1. The van der Waals surface area contributed by atoms with Gasteiger partial charge in [-0.05, 0) is 24.0 Å². The summed E-state index contributed by atoms with van der Waals surface area (Å²) >= 11 is 0. The molecule has 0 saturated carbocycles. The van der Waals surface area contributed by atoms with Gasteiger partial charge in [-0.1, -0.05) is 49.4 Å². The van der Waals surface area contributed by atoms with Gasteiger partial charge in [0.1, 0.15) is 0 Å². The maximum absolute atomic E-state index is 10.7. The van der Waals surface area contributed by atoms with Crippen LogP contribution in [0.4, 0.5) is 5.69 Å². The smallest absolute Gasteiger partial charge is 0.269 e. The summed E-state index contributed by atoms with van der Waals surface area (Å²) in [6, 6.07) is 16.8. The van der Waals surface area contributed by atoms with Gasteiger partial charge in [0.05, 0.1) is 11.5 Å². The van der Waals surface area contributed by atoms with Gasteiger partial charge >= 0.3 is 0 Å². The van der Waals surface area contributed by atoms with Crippen molar-refractivity contribution in [1.29, 1.82) is 0 Å². The molecule has 0 aliphatic rings. The van der Waals surface area contributed by atoms with Crippen LogP contribution in [0.25, 0.3) is 0 Å². The van der Waals surface area contributed by atoms with Gasteiger partial charge in [-0.3, -0.25) is 10.1 Å². The predicted molar refractivity (Wildman–Crippen MR) is 101 cm³/mol. The van der Waals surface area contributed by atoms with Gasteiger partial charge in [0.15, 0.2) is 5.96 Å². The van der Waals surface area contributed by atoms with Gasteiger partial charge in [-0.25, -0.2) is 4.99 Å². The minimum atomic E-state index is -0.399. The van der Waals surface area contributed by atoms with Crippen molar-refractivity contribution < 1.29 is 4.92 Å². The van der Waals surface area contributed by atoms with Crippen LogP contribution >= 0.6 is 0 Å². The second-order valence-electron chi connectivity index (χ2n) is 5.81. The van der Waals surface area contributed by atoms with Gasteiger partial charge in [0.25, 0.3) is 5.69 Å². The largest absolute Gasteiger partial charge is 0.357 e. The first-order valence-electron chi connectivity index (χ1n) is 8.40. The van der Waals surface area contributed by atoms with Crippen LogP contribution in [0.15, 0.2) is 59.6 Å². The molecule has 2 aromatic carbocycles. The maximum Gasteiger partial charge on any atom is 0.269 e. The van der Waals surface area contributed by atoms with E-state index in [1.807, 2.05) is 25.1 Å². The highest BCUT2D eigenvalue weighted by molar-refractivity contribution is 5.79. The van der Waals surface area contributed by atoms with E-state index in [9.17, 15) is 10.1 Å². The van der Waals surface area contributed by atoms with Gasteiger partial charge < -0.3 is 10.6 Å². The molecule has 0 saturated heterocycles. The van der Waals surface area contributed by atoms with Crippen LogP contribution in [-0.4, -0.2) is 24.0 Å². The Morgan fingerprint density at radius 1 is 1.12 bits per heavy atom. The van der Waals surface area contributed by atoms with Crippen molar-refractivity contribution >= 4 is 11.6 Å². The highest BCUT2D eigenvalue weighted by Gasteiger charge is 2.07. The van der Waals surface area contributed by atoms with Crippen LogP contribution in [0.5, 0.6) is 0 Å². The lowest BCUT2D eigenvalue weighted by Gasteiger charge is -2.16. The van der Waals surface area contributed by atoms with E-state index in [4.69, 9.17) is 0 Å². The van der Waals surface area contributed by atoms with Crippen molar-refractivity contribution in [3.63, 3.8) is 0 Å². The zero-order valence-electron chi connectivity index (χ0n) is 14.6. The number of aliphatic imine (C=N–C) groups is 1. The minimum absolute atomic E-state index is 0.0921. The fraction of sp³-hybridized carbons (Fsp3) is 0.316. The lowest BCUT2D eigenvalue weighted by atomic mass is 10.0. The molecule has 0 amide bonds. The third-order valence-corrected chi connectivity index (χ3v) is 3.86. The Morgan fingerprint density at radius 3 is 2.40 bits per heavy atom. The molecule has 1 unspecified atom stereocenters. The van der Waals surface area contributed by atoms with E-state index < -0.39 is 4.92 Å². The fourth-order valence-corrected chi connectivity index (χ4v) is 2.38. The Bertz CT molecular complexity index is 699. The number of hydrogen-bond acceptors (Lipinski definition) is 3. The number of nitro benzene ring substituents is 1. The van der Waals surface area contributed by atoms with Crippen LogP contribution in [0, 0.1) is 10.1 Å². The summed E-state index contributed by atoms with van der Waals surface area (Å²) < 4.78 is 0. The summed E-state index contributed by atoms with van der Waals surface area (Å²) in [6.07, 6.45) is 0. The van der Waals surface area contributed by atoms with Crippen molar-refractivity contribution in [3.8, 4) is 0 Å². The molecule has 0 heterocycles. The standard InChI is InChI=1S/C19H24N4O2/c1-3-20-19(21-13-15(2)17-7-5-4-6-8-17)22-14-16-9-11-18(12-10-16)23(24)25/h4-12,15H,3,13-14H2,1-2H3,(H2,20,21,22). The van der Waals surface area contributed by atoms with E-state index >= 15 is 0 Å². The molecule has 2 N–H and O–H groups in total. The van der Waals surface area contributed by atoms with Gasteiger partial charge in [-0.15, -0.1) is 0 Å². The zero-order valence-corrected chi connectivity index (χ0v) is 14.6. The topological polar surface area (TPSA) is 79.6 Å². The molecule has 0 radical (unpaired) electrons. The van der Waals surface area contributed by atoms with E-state index in [0.717, 1.165) is 24.6 Å². The molecule has 0 aliphatic heterocycles. The summed E-state index contributed by atoms with van der Waals surface area (Å²) in [5.74, 6) is 1.10. The number of nitro groups is 1. The van der Waals surface area contributed by atoms with Crippen LogP contribution in [-0.2, 0) is 6.54 Å². The summed E-state index contributed by atoms with van der Waals surface area (Å²) in [7, 11) is 0. The number of nitrogens with one attached hydrogen (secondary N) is 2.